The SMILES string of the molecule is CC[C@H]1OC(=O)[C@H](C)[C@@H](C2C[C@@](C)(OC)[C@@H](O)[C@H](C)O2)[C@H](C)[C@@H](O[C@@H]2O[C@H](C)C[C@H](N(C)CCc3cn([C@H](CF)[C@H](OC)c4ccc(S(C)=O)cc4)nn3)[C@H]2O)[C@](C)(O)C[C@@H](C)CN(C)[C@H](C)[C@@H](O)[C@]1(C)O. The molecule has 0 bridgehead atoms. The Morgan fingerprint density at radius 1 is 1.00 bits per heavy atom. The number of alkyl halides is 1. The van der Waals surface area contributed by atoms with Crippen LogP contribution in [0.25, 0.3) is 0 Å². The number of aromatic nitrogens is 3. The first kappa shape index (κ1) is 60.3. The normalized spacial score (nSPS) is 40.5. The molecular weight excluding hydrogens is 954 g/mol. The predicted octanol–water partition coefficient (Wildman–Crippen LogP) is 4.01. The molecule has 18 nitrogen and oxygen atoms in total. The molecule has 3 aliphatic heterocycles. The monoisotopic (exact) mass is 1040 g/mol. The van der Waals surface area contributed by atoms with Crippen molar-refractivity contribution in [1.29, 1.82) is 0 Å². The number of carbonyl (C=O) groups excluding carboxylic acids is 1. The third-order valence-electron chi connectivity index (χ3n) is 16.4. The number of carbonyl (C=O) groups is 1. The van der Waals surface area contributed by atoms with Gasteiger partial charge in [0.25, 0.3) is 0 Å². The standard InChI is InChI=1S/C52H88FN5O13S/c1-16-41-52(10,64)45(60)33(6)57(12)27-29(2)24-50(8,63)47(31(4)42(32(5)48(62)70-41)40-25-51(9,67-14)46(61)34(7)69-40)71-49-43(59)38(23-30(3)68-49)56(11)22-21-36-28-58(55-54-36)39(26-53)44(66-13)35-17-19-37(20-18-35)72(15)65/h17-20,28-34,38-47,49,59-61,63-64H,16,21-27H2,1-15H3/t29-,30-,31+,32-,33-,34+,38+,39-,40?,41-,42+,43-,44-,45-,46+,47-,49+,50-,51-,52-,72?/m1/s1. The first-order valence-corrected chi connectivity index (χ1v) is 27.3. The van der Waals surface area contributed by atoms with Crippen molar-refractivity contribution in [2.75, 3.05) is 54.3 Å². The summed E-state index contributed by atoms with van der Waals surface area (Å²) < 4.78 is 66.1. The van der Waals surface area contributed by atoms with Gasteiger partial charge in [0, 0.05) is 86.3 Å². The van der Waals surface area contributed by atoms with E-state index in [0.29, 0.717) is 42.1 Å². The van der Waals surface area contributed by atoms with E-state index in [4.69, 9.17) is 28.4 Å². The summed E-state index contributed by atoms with van der Waals surface area (Å²) in [5.74, 6) is -3.28. The summed E-state index contributed by atoms with van der Waals surface area (Å²) in [5.41, 5.74) is -3.23. The molecule has 72 heavy (non-hydrogen) atoms. The van der Waals surface area contributed by atoms with Gasteiger partial charge in [-0.15, -0.1) is 5.10 Å². The lowest BCUT2D eigenvalue weighted by Gasteiger charge is -2.51. The lowest BCUT2D eigenvalue weighted by Crippen LogP contribution is -2.62. The van der Waals surface area contributed by atoms with Crippen LogP contribution >= 0.6 is 0 Å². The maximum Gasteiger partial charge on any atom is 0.309 e. The van der Waals surface area contributed by atoms with Crippen molar-refractivity contribution in [3.8, 4) is 0 Å². The molecule has 1 aromatic carbocycles. The number of rotatable bonds is 15. The third kappa shape index (κ3) is 13.5. The van der Waals surface area contributed by atoms with E-state index in [1.165, 1.54) is 25.8 Å². The fourth-order valence-corrected chi connectivity index (χ4v) is 12.4. The highest BCUT2D eigenvalue weighted by atomic mass is 32.2. The number of cyclic esters (lactones) is 1. The van der Waals surface area contributed by atoms with Crippen LogP contribution in [0.2, 0.25) is 0 Å². The summed E-state index contributed by atoms with van der Waals surface area (Å²) in [6.07, 6.45) is -4.79. The second-order valence-electron chi connectivity index (χ2n) is 22.1. The minimum absolute atomic E-state index is 0.168. The molecule has 2 aromatic rings. The van der Waals surface area contributed by atoms with E-state index in [0.717, 1.165) is 0 Å². The minimum atomic E-state index is -1.83. The summed E-state index contributed by atoms with van der Waals surface area (Å²) in [5, 5.41) is 68.8. The van der Waals surface area contributed by atoms with Crippen molar-refractivity contribution in [2.24, 2.45) is 23.7 Å². The topological polar surface area (TPSA) is 228 Å². The lowest BCUT2D eigenvalue weighted by atomic mass is 9.68. The van der Waals surface area contributed by atoms with Crippen molar-refractivity contribution >= 4 is 16.8 Å². The van der Waals surface area contributed by atoms with Crippen LogP contribution in [0.1, 0.15) is 118 Å². The summed E-state index contributed by atoms with van der Waals surface area (Å²) >= 11 is 0. The van der Waals surface area contributed by atoms with Gasteiger partial charge in [-0.05, 0) is 104 Å². The van der Waals surface area contributed by atoms with Crippen LogP contribution in [0.5, 0.6) is 0 Å². The number of ether oxygens (including phenoxy) is 6. The maximum absolute atomic E-state index is 14.7. The van der Waals surface area contributed by atoms with Gasteiger partial charge in [0.15, 0.2) is 6.29 Å². The molecule has 0 saturated carbocycles. The lowest BCUT2D eigenvalue weighted by molar-refractivity contribution is -0.302. The fourth-order valence-electron chi connectivity index (χ4n) is 11.9. The van der Waals surface area contributed by atoms with Crippen LogP contribution in [-0.2, 0) is 50.4 Å². The largest absolute Gasteiger partial charge is 0.459 e. The molecule has 0 amide bonds. The smallest absolute Gasteiger partial charge is 0.309 e. The molecule has 5 rings (SSSR count). The third-order valence-corrected chi connectivity index (χ3v) is 17.3. The van der Waals surface area contributed by atoms with E-state index in [-0.39, 0.29) is 25.2 Å². The molecule has 3 aliphatic rings. The predicted molar refractivity (Wildman–Crippen MR) is 269 cm³/mol. The molecule has 2 unspecified atom stereocenters. The number of hydrogen-bond acceptors (Lipinski definition) is 17. The molecule has 0 radical (unpaired) electrons. The highest BCUT2D eigenvalue weighted by molar-refractivity contribution is 7.84. The zero-order valence-corrected chi connectivity index (χ0v) is 46.2. The van der Waals surface area contributed by atoms with Gasteiger partial charge in [-0.1, -0.05) is 45.0 Å². The van der Waals surface area contributed by atoms with Gasteiger partial charge in [0.05, 0.1) is 47.2 Å². The van der Waals surface area contributed by atoms with E-state index in [1.54, 1.807) is 78.3 Å². The number of hydrogen-bond donors (Lipinski definition) is 5. The second-order valence-corrected chi connectivity index (χ2v) is 23.5. The number of benzene rings is 1. The highest BCUT2D eigenvalue weighted by Gasteiger charge is 2.55. The molecule has 3 saturated heterocycles. The molecular formula is C52H88FN5O13S. The van der Waals surface area contributed by atoms with E-state index < -0.39 is 137 Å². The quantitative estimate of drug-likeness (QED) is 0.159. The van der Waals surface area contributed by atoms with Gasteiger partial charge in [0.1, 0.15) is 48.8 Å². The van der Waals surface area contributed by atoms with E-state index in [1.807, 2.05) is 44.7 Å². The Bertz CT molecular complexity index is 2050. The first-order valence-electron chi connectivity index (χ1n) is 25.7. The van der Waals surface area contributed by atoms with E-state index >= 15 is 0 Å². The Morgan fingerprint density at radius 3 is 2.24 bits per heavy atom. The van der Waals surface area contributed by atoms with Crippen molar-refractivity contribution in [3.05, 3.63) is 41.7 Å². The summed E-state index contributed by atoms with van der Waals surface area (Å²) in [7, 11) is 5.57. The zero-order chi connectivity index (χ0) is 53.8. The second kappa shape index (κ2) is 25.1. The van der Waals surface area contributed by atoms with Crippen molar-refractivity contribution < 1.29 is 67.3 Å². The molecule has 4 heterocycles. The molecule has 21 atom stereocenters. The number of methoxy groups -OCH3 is 2. The van der Waals surface area contributed by atoms with Crippen LogP contribution in [0, 0.1) is 23.7 Å². The van der Waals surface area contributed by atoms with Crippen LogP contribution in [0.3, 0.4) is 0 Å². The minimum Gasteiger partial charge on any atom is -0.459 e. The molecule has 0 spiro atoms. The van der Waals surface area contributed by atoms with Crippen molar-refractivity contribution in [2.45, 2.75) is 202 Å². The average Bonchev–Trinajstić information content (AvgIpc) is 3.80. The molecule has 20 heteroatoms. The van der Waals surface area contributed by atoms with Crippen LogP contribution < -0.4 is 0 Å². The first-order chi connectivity index (χ1) is 33.6. The van der Waals surface area contributed by atoms with Gasteiger partial charge in [-0.2, -0.15) is 0 Å². The van der Waals surface area contributed by atoms with Gasteiger partial charge in [0.2, 0.25) is 0 Å². The molecule has 1 aromatic heterocycles. The number of nitrogens with zero attached hydrogens (tertiary/aromatic N) is 5. The Hall–Kier alpha value is -2.57. The van der Waals surface area contributed by atoms with Gasteiger partial charge < -0.3 is 63.8 Å². The van der Waals surface area contributed by atoms with E-state index in [9.17, 15) is 38.9 Å². The Labute approximate surface area is 429 Å². The summed E-state index contributed by atoms with van der Waals surface area (Å²) in [6, 6.07) is 5.13. The zero-order valence-electron chi connectivity index (χ0n) is 45.4. The van der Waals surface area contributed by atoms with Crippen molar-refractivity contribution in [3.63, 3.8) is 0 Å². The Balaban J connectivity index is 1.46. The highest BCUT2D eigenvalue weighted by Crippen LogP contribution is 2.45. The summed E-state index contributed by atoms with van der Waals surface area (Å²) in [4.78, 5) is 19.2. The summed E-state index contributed by atoms with van der Waals surface area (Å²) in [6.45, 7) is 17.8. The average molecular weight is 1040 g/mol. The molecule has 3 fully saturated rings. The van der Waals surface area contributed by atoms with Crippen molar-refractivity contribution in [1.82, 2.24) is 24.8 Å². The van der Waals surface area contributed by atoms with Gasteiger partial charge in [-0.25, -0.2) is 9.07 Å². The fraction of sp³-hybridized carbons (Fsp3) is 0.827. The number of esters is 1. The van der Waals surface area contributed by atoms with Crippen LogP contribution in [0.4, 0.5) is 4.39 Å². The van der Waals surface area contributed by atoms with Crippen LogP contribution in [-0.4, -0.2) is 199 Å². The molecule has 412 valence electrons. The molecule has 0 aliphatic carbocycles. The van der Waals surface area contributed by atoms with Gasteiger partial charge in [-0.3, -0.25) is 9.00 Å². The Morgan fingerprint density at radius 2 is 1.65 bits per heavy atom. The number of aliphatic hydroxyl groups excluding tert-OH is 3. The van der Waals surface area contributed by atoms with E-state index in [2.05, 4.69) is 10.3 Å². The maximum atomic E-state index is 14.7. The van der Waals surface area contributed by atoms with Crippen LogP contribution in [0.15, 0.2) is 35.4 Å². The number of likely N-dealkylation sites (N-methyl/N-ethyl adjacent to an activating group) is 2. The Kier molecular flexibility index (Phi) is 21.0. The number of aliphatic hydroxyl groups is 5. The van der Waals surface area contributed by atoms with Gasteiger partial charge >= 0.3 is 5.97 Å². The molecule has 5 N–H and O–H groups in total. The number of halogens is 1.